The Labute approximate surface area is 85.5 Å². The SMILES string of the molecule is CCO[P+](=O)C(OS(C)(=O)=O)C(F)(F)F. The quantitative estimate of drug-likeness (QED) is 0.560. The average molecular weight is 269 g/mol. The van der Waals surface area contributed by atoms with E-state index >= 15 is 0 Å². The van der Waals surface area contributed by atoms with E-state index in [9.17, 15) is 26.2 Å². The molecule has 0 N–H and O–H groups in total. The van der Waals surface area contributed by atoms with E-state index in [-0.39, 0.29) is 6.61 Å². The maximum Gasteiger partial charge on any atom is 0.551 e. The zero-order valence-electron chi connectivity index (χ0n) is 7.82. The van der Waals surface area contributed by atoms with Crippen LogP contribution in [0.2, 0.25) is 0 Å². The predicted molar refractivity (Wildman–Crippen MR) is 45.0 cm³/mol. The van der Waals surface area contributed by atoms with Crippen LogP contribution in [0.15, 0.2) is 0 Å². The van der Waals surface area contributed by atoms with Crippen molar-refractivity contribution in [3.05, 3.63) is 0 Å². The Bertz CT molecular complexity index is 324. The molecule has 0 aromatic carbocycles. The van der Waals surface area contributed by atoms with Gasteiger partial charge in [0.1, 0.15) is 0 Å². The number of alkyl halides is 3. The van der Waals surface area contributed by atoms with Gasteiger partial charge in [0.25, 0.3) is 10.1 Å². The molecule has 10 heteroatoms. The van der Waals surface area contributed by atoms with Crippen LogP contribution in [0, 0.1) is 0 Å². The number of halogens is 3. The Morgan fingerprint density at radius 2 is 1.87 bits per heavy atom. The summed E-state index contributed by atoms with van der Waals surface area (Å²) >= 11 is 0. The van der Waals surface area contributed by atoms with Crippen molar-refractivity contribution in [2.45, 2.75) is 18.9 Å². The van der Waals surface area contributed by atoms with Gasteiger partial charge >= 0.3 is 20.0 Å². The summed E-state index contributed by atoms with van der Waals surface area (Å²) in [5.41, 5.74) is 0. The molecule has 0 aliphatic rings. The molecule has 0 rings (SSSR count). The summed E-state index contributed by atoms with van der Waals surface area (Å²) in [4.78, 5) is 0. The molecule has 0 fully saturated rings. The van der Waals surface area contributed by atoms with Crippen LogP contribution in [0.3, 0.4) is 0 Å². The number of hydrogen-bond donors (Lipinski definition) is 0. The van der Waals surface area contributed by atoms with Gasteiger partial charge in [-0.3, -0.25) is 0 Å². The molecule has 0 aliphatic heterocycles. The summed E-state index contributed by atoms with van der Waals surface area (Å²) in [7, 11) is -7.63. The second-order valence-corrected chi connectivity index (χ2v) is 5.30. The maximum atomic E-state index is 12.2. The molecule has 0 radical (unpaired) electrons. The van der Waals surface area contributed by atoms with E-state index in [1.807, 2.05) is 0 Å². The van der Waals surface area contributed by atoms with E-state index in [4.69, 9.17) is 0 Å². The zero-order chi connectivity index (χ0) is 12.3. The van der Waals surface area contributed by atoms with Crippen LogP contribution in [0.1, 0.15) is 6.92 Å². The van der Waals surface area contributed by atoms with Gasteiger partial charge in [-0.15, -0.1) is 4.52 Å². The Balaban J connectivity index is 4.84. The van der Waals surface area contributed by atoms with E-state index in [2.05, 4.69) is 8.71 Å². The third-order valence-electron chi connectivity index (χ3n) is 0.994. The summed E-state index contributed by atoms with van der Waals surface area (Å²) in [6, 6.07) is 0. The average Bonchev–Trinajstić information content (AvgIpc) is 1.97. The van der Waals surface area contributed by atoms with Crippen LogP contribution in [0.5, 0.6) is 0 Å². The fourth-order valence-electron chi connectivity index (χ4n) is 0.570. The topological polar surface area (TPSA) is 69.7 Å². The fourth-order valence-corrected chi connectivity index (χ4v) is 2.39. The summed E-state index contributed by atoms with van der Waals surface area (Å²) < 4.78 is 76.2. The van der Waals surface area contributed by atoms with Crippen LogP contribution in [-0.2, 0) is 23.4 Å². The molecule has 0 saturated carbocycles. The van der Waals surface area contributed by atoms with Crippen LogP contribution < -0.4 is 0 Å². The molecule has 90 valence electrons. The maximum absolute atomic E-state index is 12.2. The molecule has 15 heavy (non-hydrogen) atoms. The Hall–Kier alpha value is -0.240. The van der Waals surface area contributed by atoms with Gasteiger partial charge in [0.2, 0.25) is 0 Å². The van der Waals surface area contributed by atoms with E-state index in [0.29, 0.717) is 6.26 Å². The van der Waals surface area contributed by atoms with Crippen LogP contribution in [0.4, 0.5) is 13.2 Å². The Morgan fingerprint density at radius 3 is 2.13 bits per heavy atom. The second kappa shape index (κ2) is 5.20. The molecular weight excluding hydrogens is 260 g/mol. The van der Waals surface area contributed by atoms with Crippen molar-refractivity contribution >= 4 is 18.1 Å². The molecule has 2 unspecified atom stereocenters. The van der Waals surface area contributed by atoms with Crippen LogP contribution in [0.25, 0.3) is 0 Å². The standard InChI is InChI=1S/C5H9F3O5PS/c1-3-12-14(9)4(5(6,7)8)13-15(2,10)11/h4H,3H2,1-2H3/q+1. The third-order valence-corrected chi connectivity index (χ3v) is 2.97. The smallest absolute Gasteiger partial charge is 0.206 e. The molecule has 0 aromatic rings. The van der Waals surface area contributed by atoms with Gasteiger partial charge in [-0.25, -0.2) is 4.18 Å². The van der Waals surface area contributed by atoms with Crippen LogP contribution >= 0.6 is 8.03 Å². The summed E-state index contributed by atoms with van der Waals surface area (Å²) in [6.07, 6.45) is -4.63. The third kappa shape index (κ3) is 6.03. The van der Waals surface area contributed by atoms with Crippen molar-refractivity contribution in [3.63, 3.8) is 0 Å². The molecule has 0 heterocycles. The lowest BCUT2D eigenvalue weighted by molar-refractivity contribution is -0.169. The summed E-state index contributed by atoms with van der Waals surface area (Å²) in [5, 5.41) is 0. The van der Waals surface area contributed by atoms with Crippen molar-refractivity contribution in [1.82, 2.24) is 0 Å². The predicted octanol–water partition coefficient (Wildman–Crippen LogP) is 1.63. The molecular formula is C5H9F3O5PS+. The van der Waals surface area contributed by atoms with E-state index in [0.717, 1.165) is 0 Å². The van der Waals surface area contributed by atoms with E-state index < -0.39 is 30.2 Å². The lowest BCUT2D eigenvalue weighted by atomic mass is 10.7. The molecule has 0 bridgehead atoms. The lowest BCUT2D eigenvalue weighted by Gasteiger charge is -2.09. The fraction of sp³-hybridized carbons (Fsp3) is 1.00. The van der Waals surface area contributed by atoms with Gasteiger partial charge in [0, 0.05) is 0 Å². The highest BCUT2D eigenvalue weighted by Gasteiger charge is 2.58. The first-order valence-electron chi connectivity index (χ1n) is 3.62. The Morgan fingerprint density at radius 1 is 1.40 bits per heavy atom. The van der Waals surface area contributed by atoms with E-state index in [1.165, 1.54) is 6.92 Å². The minimum atomic E-state index is -5.06. The Kier molecular flexibility index (Phi) is 5.12. The highest BCUT2D eigenvalue weighted by atomic mass is 32.2. The number of hydrogen-bond acceptors (Lipinski definition) is 5. The minimum absolute atomic E-state index is 0.241. The normalized spacial score (nSPS) is 16.2. The lowest BCUT2D eigenvalue weighted by Crippen LogP contribution is -2.31. The first kappa shape index (κ1) is 14.8. The van der Waals surface area contributed by atoms with Gasteiger partial charge in [-0.05, 0) is 11.5 Å². The first-order chi connectivity index (χ1) is 6.58. The van der Waals surface area contributed by atoms with E-state index in [1.54, 1.807) is 0 Å². The monoisotopic (exact) mass is 269 g/mol. The van der Waals surface area contributed by atoms with Crippen molar-refractivity contribution in [1.29, 1.82) is 0 Å². The highest BCUT2D eigenvalue weighted by Crippen LogP contribution is 2.41. The molecule has 0 aromatic heterocycles. The number of rotatable bonds is 5. The largest absolute Gasteiger partial charge is 0.551 e. The van der Waals surface area contributed by atoms with Crippen molar-refractivity contribution < 1.29 is 34.9 Å². The van der Waals surface area contributed by atoms with Gasteiger partial charge in [-0.1, -0.05) is 0 Å². The van der Waals surface area contributed by atoms with Gasteiger partial charge in [-0.2, -0.15) is 21.6 Å². The minimum Gasteiger partial charge on any atom is -0.206 e. The highest BCUT2D eigenvalue weighted by molar-refractivity contribution is 7.86. The van der Waals surface area contributed by atoms with Gasteiger partial charge < -0.3 is 0 Å². The molecule has 0 aliphatic carbocycles. The molecule has 2 atom stereocenters. The zero-order valence-corrected chi connectivity index (χ0v) is 9.53. The summed E-state index contributed by atoms with van der Waals surface area (Å²) in [6.45, 7) is 1.08. The summed E-state index contributed by atoms with van der Waals surface area (Å²) in [5.74, 6) is -2.96. The van der Waals surface area contributed by atoms with Crippen molar-refractivity contribution in [2.24, 2.45) is 0 Å². The van der Waals surface area contributed by atoms with Gasteiger partial charge in [0.15, 0.2) is 0 Å². The second-order valence-electron chi connectivity index (χ2n) is 2.40. The molecule has 5 nitrogen and oxygen atoms in total. The molecule has 0 saturated heterocycles. The van der Waals surface area contributed by atoms with Crippen LogP contribution in [-0.4, -0.2) is 33.3 Å². The van der Waals surface area contributed by atoms with Gasteiger partial charge in [0.05, 0.1) is 12.9 Å². The first-order valence-corrected chi connectivity index (χ1v) is 6.68. The van der Waals surface area contributed by atoms with Crippen molar-refractivity contribution in [2.75, 3.05) is 12.9 Å². The van der Waals surface area contributed by atoms with Crippen molar-refractivity contribution in [3.8, 4) is 0 Å². The molecule has 0 amide bonds. The molecule has 0 spiro atoms.